The first-order valence-corrected chi connectivity index (χ1v) is 5.08. The molecule has 16 heavy (non-hydrogen) atoms. The lowest BCUT2D eigenvalue weighted by Crippen LogP contribution is -2.29. The standard InChI is InChI=1S/C12H16FNO2/c1-12(2,11(15)16)7-10(14)8-5-3-4-6-9(8)13/h3-6,10H,7,14H2,1-2H3,(H,15,16). The summed E-state index contributed by atoms with van der Waals surface area (Å²) >= 11 is 0. The summed E-state index contributed by atoms with van der Waals surface area (Å²) in [4.78, 5) is 10.9. The summed E-state index contributed by atoms with van der Waals surface area (Å²) in [5, 5.41) is 8.96. The van der Waals surface area contributed by atoms with Gasteiger partial charge in [0.05, 0.1) is 5.41 Å². The Balaban J connectivity index is 2.85. The van der Waals surface area contributed by atoms with Crippen LogP contribution in [0.1, 0.15) is 31.9 Å². The maximum atomic E-state index is 13.4. The van der Waals surface area contributed by atoms with Gasteiger partial charge in [0.25, 0.3) is 0 Å². The molecule has 0 heterocycles. The average molecular weight is 225 g/mol. The molecule has 0 radical (unpaired) electrons. The predicted molar refractivity (Wildman–Crippen MR) is 59.4 cm³/mol. The second-order valence-corrected chi connectivity index (χ2v) is 4.52. The van der Waals surface area contributed by atoms with Crippen LogP contribution in [-0.4, -0.2) is 11.1 Å². The smallest absolute Gasteiger partial charge is 0.309 e. The Morgan fingerprint density at radius 1 is 1.50 bits per heavy atom. The van der Waals surface area contributed by atoms with Gasteiger partial charge in [-0.05, 0) is 26.3 Å². The Bertz CT molecular complexity index is 390. The summed E-state index contributed by atoms with van der Waals surface area (Å²) < 4.78 is 13.4. The summed E-state index contributed by atoms with van der Waals surface area (Å²) in [6.07, 6.45) is 0.198. The second-order valence-electron chi connectivity index (χ2n) is 4.52. The van der Waals surface area contributed by atoms with Gasteiger partial charge in [-0.2, -0.15) is 0 Å². The normalized spacial score (nSPS) is 13.5. The first kappa shape index (κ1) is 12.6. The molecule has 0 saturated carbocycles. The van der Waals surface area contributed by atoms with Gasteiger partial charge in [-0.25, -0.2) is 4.39 Å². The monoisotopic (exact) mass is 225 g/mol. The Labute approximate surface area is 94.1 Å². The summed E-state index contributed by atoms with van der Waals surface area (Å²) in [6, 6.07) is 5.56. The lowest BCUT2D eigenvalue weighted by Gasteiger charge is -2.23. The maximum absolute atomic E-state index is 13.4. The molecule has 0 saturated heterocycles. The molecule has 3 N–H and O–H groups in total. The van der Waals surface area contributed by atoms with Gasteiger partial charge in [0.2, 0.25) is 0 Å². The van der Waals surface area contributed by atoms with Crippen LogP contribution in [0.15, 0.2) is 24.3 Å². The van der Waals surface area contributed by atoms with Crippen LogP contribution in [0.4, 0.5) is 4.39 Å². The SMILES string of the molecule is CC(C)(CC(N)c1ccccc1F)C(=O)O. The van der Waals surface area contributed by atoms with Crippen molar-refractivity contribution in [1.82, 2.24) is 0 Å². The molecule has 88 valence electrons. The molecular formula is C12H16FNO2. The molecule has 0 aliphatic heterocycles. The minimum Gasteiger partial charge on any atom is -0.481 e. The fourth-order valence-electron chi connectivity index (χ4n) is 1.52. The van der Waals surface area contributed by atoms with Crippen molar-refractivity contribution in [3.8, 4) is 0 Å². The third-order valence-electron chi connectivity index (χ3n) is 2.61. The van der Waals surface area contributed by atoms with Crippen molar-refractivity contribution in [2.45, 2.75) is 26.3 Å². The molecule has 1 aromatic rings. The largest absolute Gasteiger partial charge is 0.481 e. The van der Waals surface area contributed by atoms with E-state index in [0.717, 1.165) is 0 Å². The van der Waals surface area contributed by atoms with E-state index in [9.17, 15) is 9.18 Å². The second kappa shape index (κ2) is 4.61. The van der Waals surface area contributed by atoms with E-state index in [1.54, 1.807) is 32.0 Å². The molecule has 0 aliphatic carbocycles. The molecular weight excluding hydrogens is 209 g/mol. The van der Waals surface area contributed by atoms with E-state index in [1.807, 2.05) is 0 Å². The average Bonchev–Trinajstić information content (AvgIpc) is 2.17. The Kier molecular flexibility index (Phi) is 3.65. The summed E-state index contributed by atoms with van der Waals surface area (Å²) in [5.41, 5.74) is 5.22. The van der Waals surface area contributed by atoms with Crippen LogP contribution in [0.5, 0.6) is 0 Å². The number of nitrogens with two attached hydrogens (primary N) is 1. The van der Waals surface area contributed by atoms with Crippen molar-refractivity contribution in [2.75, 3.05) is 0 Å². The molecule has 0 bridgehead atoms. The minimum absolute atomic E-state index is 0.198. The highest BCUT2D eigenvalue weighted by Crippen LogP contribution is 2.29. The van der Waals surface area contributed by atoms with E-state index in [2.05, 4.69) is 0 Å². The molecule has 0 aromatic heterocycles. The number of hydrogen-bond donors (Lipinski definition) is 2. The zero-order valence-electron chi connectivity index (χ0n) is 9.40. The quantitative estimate of drug-likeness (QED) is 0.826. The summed E-state index contributed by atoms with van der Waals surface area (Å²) in [5.74, 6) is -1.32. The highest BCUT2D eigenvalue weighted by Gasteiger charge is 2.30. The molecule has 1 aromatic carbocycles. The van der Waals surface area contributed by atoms with Gasteiger partial charge in [-0.3, -0.25) is 4.79 Å². The lowest BCUT2D eigenvalue weighted by molar-refractivity contribution is -0.147. The Morgan fingerprint density at radius 2 is 2.06 bits per heavy atom. The predicted octanol–water partition coefficient (Wildman–Crippen LogP) is 2.33. The molecule has 1 atom stereocenters. The van der Waals surface area contributed by atoms with Crippen LogP contribution >= 0.6 is 0 Å². The Morgan fingerprint density at radius 3 is 2.56 bits per heavy atom. The molecule has 1 unspecified atom stereocenters. The number of carboxylic acid groups (broad SMARTS) is 1. The fourth-order valence-corrected chi connectivity index (χ4v) is 1.52. The molecule has 0 fully saturated rings. The molecule has 4 heteroatoms. The number of rotatable bonds is 4. The van der Waals surface area contributed by atoms with Gasteiger partial charge in [-0.1, -0.05) is 18.2 Å². The van der Waals surface area contributed by atoms with Crippen molar-refractivity contribution >= 4 is 5.97 Å². The van der Waals surface area contributed by atoms with Gasteiger partial charge >= 0.3 is 5.97 Å². The van der Waals surface area contributed by atoms with Crippen molar-refractivity contribution in [2.24, 2.45) is 11.1 Å². The van der Waals surface area contributed by atoms with E-state index in [4.69, 9.17) is 10.8 Å². The van der Waals surface area contributed by atoms with Crippen LogP contribution in [0.25, 0.3) is 0 Å². The molecule has 0 amide bonds. The van der Waals surface area contributed by atoms with E-state index < -0.39 is 23.2 Å². The molecule has 0 aliphatic rings. The maximum Gasteiger partial charge on any atom is 0.309 e. The van der Waals surface area contributed by atoms with Crippen molar-refractivity contribution in [3.05, 3.63) is 35.6 Å². The topological polar surface area (TPSA) is 63.3 Å². The first-order valence-electron chi connectivity index (χ1n) is 5.08. The summed E-state index contributed by atoms with van der Waals surface area (Å²) in [6.45, 7) is 3.16. The van der Waals surface area contributed by atoms with E-state index in [0.29, 0.717) is 5.56 Å². The van der Waals surface area contributed by atoms with E-state index in [1.165, 1.54) is 6.07 Å². The van der Waals surface area contributed by atoms with Crippen molar-refractivity contribution in [3.63, 3.8) is 0 Å². The first-order chi connectivity index (χ1) is 7.34. The molecule has 3 nitrogen and oxygen atoms in total. The molecule has 1 rings (SSSR count). The lowest BCUT2D eigenvalue weighted by atomic mass is 9.84. The number of carbonyl (C=O) groups is 1. The van der Waals surface area contributed by atoms with Crippen molar-refractivity contribution < 1.29 is 14.3 Å². The number of hydrogen-bond acceptors (Lipinski definition) is 2. The van der Waals surface area contributed by atoms with Crippen LogP contribution in [0, 0.1) is 11.2 Å². The van der Waals surface area contributed by atoms with Crippen LogP contribution < -0.4 is 5.73 Å². The Hall–Kier alpha value is -1.42. The van der Waals surface area contributed by atoms with Gasteiger partial charge in [-0.15, -0.1) is 0 Å². The number of carboxylic acids is 1. The number of benzene rings is 1. The van der Waals surface area contributed by atoms with Crippen LogP contribution in [0.2, 0.25) is 0 Å². The van der Waals surface area contributed by atoms with E-state index >= 15 is 0 Å². The van der Waals surface area contributed by atoms with Crippen LogP contribution in [0.3, 0.4) is 0 Å². The van der Waals surface area contributed by atoms with Gasteiger partial charge in [0.15, 0.2) is 0 Å². The number of halogens is 1. The van der Waals surface area contributed by atoms with Gasteiger partial charge in [0.1, 0.15) is 5.82 Å². The number of aliphatic carboxylic acids is 1. The zero-order valence-corrected chi connectivity index (χ0v) is 9.40. The van der Waals surface area contributed by atoms with Crippen molar-refractivity contribution in [1.29, 1.82) is 0 Å². The van der Waals surface area contributed by atoms with Gasteiger partial charge in [0, 0.05) is 11.6 Å². The van der Waals surface area contributed by atoms with E-state index in [-0.39, 0.29) is 6.42 Å². The molecule has 0 spiro atoms. The minimum atomic E-state index is -0.957. The fraction of sp³-hybridized carbons (Fsp3) is 0.417. The van der Waals surface area contributed by atoms with Crippen LogP contribution in [-0.2, 0) is 4.79 Å². The highest BCUT2D eigenvalue weighted by atomic mass is 19.1. The van der Waals surface area contributed by atoms with Gasteiger partial charge < -0.3 is 10.8 Å². The highest BCUT2D eigenvalue weighted by molar-refractivity contribution is 5.73. The third-order valence-corrected chi connectivity index (χ3v) is 2.61. The zero-order chi connectivity index (χ0) is 12.3. The summed E-state index contributed by atoms with van der Waals surface area (Å²) in [7, 11) is 0. The third kappa shape index (κ3) is 2.79.